The summed E-state index contributed by atoms with van der Waals surface area (Å²) in [5.74, 6) is 0. The average Bonchev–Trinajstić information content (AvgIpc) is 2.54. The summed E-state index contributed by atoms with van der Waals surface area (Å²) in [5, 5.41) is 15.3. The van der Waals surface area contributed by atoms with Crippen LogP contribution >= 0.6 is 0 Å². The van der Waals surface area contributed by atoms with Crippen molar-refractivity contribution in [3.63, 3.8) is 0 Å². The van der Waals surface area contributed by atoms with Gasteiger partial charge in [0, 0.05) is 0 Å². The van der Waals surface area contributed by atoms with Crippen LogP contribution in [0.15, 0.2) is 3.79 Å². The third-order valence-corrected chi connectivity index (χ3v) is 3.87. The molecule has 0 amide bonds. The molecule has 0 fully saturated rings. The molecule has 0 radical (unpaired) electrons. The van der Waals surface area contributed by atoms with E-state index in [9.17, 15) is 79.0 Å². The van der Waals surface area contributed by atoms with Crippen LogP contribution in [0.5, 0.6) is 0 Å². The molecule has 2 N–H and O–H groups in total. The van der Waals surface area contributed by atoms with Crippen LogP contribution in [0, 0.1) is 7.43 Å². The number of rotatable bonds is 2. The van der Waals surface area contributed by atoms with Gasteiger partial charge in [0.2, 0.25) is 0 Å². The molecule has 0 aliphatic carbocycles. The minimum absolute atomic E-state index is 0. The molecule has 1 atom stereocenters. The van der Waals surface area contributed by atoms with Gasteiger partial charge in [-0.25, -0.2) is 0 Å². The van der Waals surface area contributed by atoms with Gasteiger partial charge in [-0.1, -0.05) is 0 Å². The number of aliphatic hydroxyl groups is 2. The van der Waals surface area contributed by atoms with E-state index in [1.165, 1.54) is 0 Å². The Bertz CT molecular complexity index is 507. The first-order valence-electron chi connectivity index (χ1n) is 7.50. The molecule has 0 aromatic carbocycles. The van der Waals surface area contributed by atoms with E-state index in [2.05, 4.69) is 34.9 Å². The number of nitrogens with zero attached hydrogens (tertiary/aromatic N) is 1. The second kappa shape index (κ2) is 12.5. The number of hydrogen-bond acceptors (Lipinski definition) is 3. The van der Waals surface area contributed by atoms with E-state index >= 15 is 0 Å². The topological polar surface area (TPSA) is 52.8 Å². The summed E-state index contributed by atoms with van der Waals surface area (Å²) in [6.07, 6.45) is -40.1. The van der Waals surface area contributed by atoms with Crippen molar-refractivity contribution in [3.8, 4) is 0 Å². The first-order chi connectivity index (χ1) is 14.3. The smallest absolute Gasteiger partial charge is 0.367 e. The monoisotopic (exact) mass is 609 g/mol. The van der Waals surface area contributed by atoms with Gasteiger partial charge in [-0.05, 0) is 0 Å². The first kappa shape index (κ1) is 41.2. The molecule has 1 unspecified atom stereocenters. The molecule has 0 rings (SSSR count). The van der Waals surface area contributed by atoms with E-state index in [-0.39, 0.29) is 7.43 Å². The van der Waals surface area contributed by atoms with Gasteiger partial charge in [0.05, 0.1) is 0 Å². The van der Waals surface area contributed by atoms with Gasteiger partial charge in [-0.2, -0.15) is 79.0 Å². The Hall–Kier alpha value is -0.956. The van der Waals surface area contributed by atoms with Gasteiger partial charge >= 0.3 is 95.6 Å². The van der Waals surface area contributed by atoms with Crippen LogP contribution in [0.4, 0.5) is 79.0 Å². The van der Waals surface area contributed by atoms with Gasteiger partial charge in [0.25, 0.3) is 0 Å². The van der Waals surface area contributed by atoms with Crippen LogP contribution in [0.3, 0.4) is 0 Å². The van der Waals surface area contributed by atoms with Crippen LogP contribution in [0.25, 0.3) is 0 Å². The second-order valence-electron chi connectivity index (χ2n) is 5.78. The molecular formula is C13H14F18NO2V-. The molecule has 3 nitrogen and oxygen atoms in total. The van der Waals surface area contributed by atoms with Gasteiger partial charge in [-0.3, -0.25) is 0 Å². The van der Waals surface area contributed by atoms with Crippen LogP contribution in [0.1, 0.15) is 20.3 Å². The van der Waals surface area contributed by atoms with Crippen molar-refractivity contribution >= 4 is 0 Å². The maximum atomic E-state index is 11.4. The van der Waals surface area contributed by atoms with Crippen molar-refractivity contribution in [2.75, 3.05) is 0 Å². The maximum Gasteiger partial charge on any atom is 0.435 e. The minimum atomic E-state index is -6.87. The molecule has 0 bridgehead atoms. The zero-order valence-corrected chi connectivity index (χ0v) is 18.3. The molecule has 215 valence electrons. The zero-order valence-electron chi connectivity index (χ0n) is 16.9. The fourth-order valence-electron chi connectivity index (χ4n) is 1.05. The van der Waals surface area contributed by atoms with Crippen LogP contribution in [0.2, 0.25) is 0 Å². The fourth-order valence-corrected chi connectivity index (χ4v) is 1.30. The normalized spacial score (nSPS) is 15.0. The molecule has 35 heavy (non-hydrogen) atoms. The Kier molecular flexibility index (Phi) is 14.7. The van der Waals surface area contributed by atoms with E-state index in [0.717, 1.165) is 6.42 Å². The van der Waals surface area contributed by atoms with Gasteiger partial charge in [0.15, 0.2) is 0 Å². The Morgan fingerprint density at radius 3 is 0.686 bits per heavy atom. The molecular weight excluding hydrogens is 595 g/mol. The van der Waals surface area contributed by atoms with Crippen LogP contribution in [-0.4, -0.2) is 64.5 Å². The predicted molar refractivity (Wildman–Crippen MR) is 74.8 cm³/mol. The number of halogens is 18. The van der Waals surface area contributed by atoms with Crippen molar-refractivity contribution < 1.29 is 106 Å². The van der Waals surface area contributed by atoms with E-state index in [1.807, 2.05) is 0 Å². The maximum absolute atomic E-state index is 11.4. The first-order valence-corrected chi connectivity index (χ1v) is 8.12. The summed E-state index contributed by atoms with van der Waals surface area (Å²) in [4.78, 5) is 0. The van der Waals surface area contributed by atoms with Crippen LogP contribution < -0.4 is 0 Å². The molecule has 0 heterocycles. The zero-order chi connectivity index (χ0) is 29.0. The molecule has 0 aliphatic rings. The Morgan fingerprint density at radius 2 is 0.686 bits per heavy atom. The molecule has 22 heteroatoms. The molecule has 0 aromatic heterocycles. The number of hydrogen-bond donors (Lipinski definition) is 2. The van der Waals surface area contributed by atoms with E-state index in [4.69, 9.17) is 10.2 Å². The summed E-state index contributed by atoms with van der Waals surface area (Å²) in [7, 11) is 0. The Labute approximate surface area is 193 Å². The summed E-state index contributed by atoms with van der Waals surface area (Å²) < 4.78 is 209. The largest absolute Gasteiger partial charge is 0.435 e. The van der Waals surface area contributed by atoms with E-state index in [1.54, 1.807) is 0 Å². The quantitative estimate of drug-likeness (QED) is 0.268. The molecule has 0 spiro atoms. The SMILES string of the molecule is CCC(C)[N]=[V].OC(C(F)(F)F)(C(F)(F)F)C(F)(F)F.OC(C(F)(F)F)(C(F)(F)F)C(F)(F)F.[CH3-]. The van der Waals surface area contributed by atoms with Gasteiger partial charge in [0.1, 0.15) is 0 Å². The minimum Gasteiger partial charge on any atom is -0.367 e. The van der Waals surface area contributed by atoms with Crippen molar-refractivity contribution in [1.29, 1.82) is 0 Å². The molecule has 0 aromatic rings. The third kappa shape index (κ3) is 9.79. The average molecular weight is 609 g/mol. The molecule has 0 saturated carbocycles. The number of alkyl halides is 18. The van der Waals surface area contributed by atoms with E-state index < -0.39 is 48.3 Å². The van der Waals surface area contributed by atoms with Crippen molar-refractivity contribution in [1.82, 2.24) is 0 Å². The summed E-state index contributed by atoms with van der Waals surface area (Å²) in [6.45, 7) is 4.22. The standard InChI is InChI=1S/2C4HF9O.C4H9N.CH3.V/c2*5-2(6,7)1(14,3(8,9)10)4(11,12)13;1-3-4(2)5;;/h2*14H;4H,3H2,1-2H3;1H3;/q;;;-1;. The molecule has 0 saturated heterocycles. The van der Waals surface area contributed by atoms with Gasteiger partial charge < -0.3 is 17.6 Å². The summed E-state index contributed by atoms with van der Waals surface area (Å²) in [6, 6.07) is 0.532. The Balaban J connectivity index is -0.000000219. The van der Waals surface area contributed by atoms with Crippen molar-refractivity contribution in [2.45, 2.75) is 74.6 Å². The predicted octanol–water partition coefficient (Wildman–Crippen LogP) is 6.77. The van der Waals surface area contributed by atoms with Crippen LogP contribution in [-0.2, 0) is 17.2 Å². The van der Waals surface area contributed by atoms with Crippen molar-refractivity contribution in [2.24, 2.45) is 3.79 Å². The summed E-state index contributed by atoms with van der Waals surface area (Å²) in [5.41, 5.74) is -13.4. The second-order valence-corrected chi connectivity index (χ2v) is 6.14. The van der Waals surface area contributed by atoms with Gasteiger partial charge in [-0.15, -0.1) is 0 Å². The Morgan fingerprint density at radius 1 is 0.543 bits per heavy atom. The fraction of sp³-hybridized carbons (Fsp3) is 0.923. The third-order valence-electron chi connectivity index (χ3n) is 3.25. The van der Waals surface area contributed by atoms with E-state index in [0.29, 0.717) is 6.04 Å². The summed E-state index contributed by atoms with van der Waals surface area (Å²) >= 11 is 2.24. The molecule has 0 aliphatic heterocycles. The van der Waals surface area contributed by atoms with Crippen molar-refractivity contribution in [3.05, 3.63) is 7.43 Å².